The van der Waals surface area contributed by atoms with Crippen LogP contribution < -0.4 is 5.32 Å². The summed E-state index contributed by atoms with van der Waals surface area (Å²) in [7, 11) is 1.84. The minimum Gasteiger partial charge on any atom is -0.313 e. The third kappa shape index (κ3) is 2.90. The molecule has 0 aliphatic heterocycles. The van der Waals surface area contributed by atoms with Gasteiger partial charge in [-0.15, -0.1) is 0 Å². The Hall–Kier alpha value is -1.81. The van der Waals surface area contributed by atoms with Crippen molar-refractivity contribution in [1.82, 2.24) is 10.3 Å². The number of likely N-dealkylation sites (N-methyl/N-ethyl adjacent to an activating group) is 1. The predicted molar refractivity (Wildman–Crippen MR) is 66.1 cm³/mol. The van der Waals surface area contributed by atoms with Crippen molar-refractivity contribution in [2.45, 2.75) is 12.5 Å². The molecule has 1 N–H and O–H groups in total. The van der Waals surface area contributed by atoms with Crippen LogP contribution in [0.15, 0.2) is 42.7 Å². The fourth-order valence-corrected chi connectivity index (χ4v) is 1.88. The maximum absolute atomic E-state index is 13.1. The third-order valence-electron chi connectivity index (χ3n) is 2.88. The number of aromatic nitrogens is 1. The molecule has 0 saturated carbocycles. The van der Waals surface area contributed by atoms with Crippen molar-refractivity contribution in [3.63, 3.8) is 0 Å². The highest BCUT2D eigenvalue weighted by atomic mass is 19.2. The highest BCUT2D eigenvalue weighted by Crippen LogP contribution is 2.18. The lowest BCUT2D eigenvalue weighted by atomic mass is 10.00. The molecule has 0 bridgehead atoms. The molecule has 0 fully saturated rings. The van der Waals surface area contributed by atoms with E-state index in [1.54, 1.807) is 18.5 Å². The first-order valence-electron chi connectivity index (χ1n) is 5.72. The second-order valence-electron chi connectivity index (χ2n) is 4.07. The number of nitrogens with one attached hydrogen (secondary N) is 1. The Kier molecular flexibility index (Phi) is 3.99. The van der Waals surface area contributed by atoms with Gasteiger partial charge in [-0.2, -0.15) is 0 Å². The number of halogens is 2. The summed E-state index contributed by atoms with van der Waals surface area (Å²) in [6.07, 6.45) is 4.02. The Morgan fingerprint density at radius 1 is 1.11 bits per heavy atom. The normalized spacial score (nSPS) is 12.4. The maximum Gasteiger partial charge on any atom is 0.159 e. The molecule has 18 heavy (non-hydrogen) atoms. The molecule has 1 aromatic heterocycles. The number of nitrogens with zero attached hydrogens (tertiary/aromatic N) is 1. The van der Waals surface area contributed by atoms with Crippen LogP contribution in [-0.2, 0) is 6.42 Å². The molecule has 0 saturated heterocycles. The predicted octanol–water partition coefficient (Wildman–Crippen LogP) is 2.86. The largest absolute Gasteiger partial charge is 0.313 e. The minimum absolute atomic E-state index is 0.0536. The van der Waals surface area contributed by atoms with Crippen LogP contribution in [-0.4, -0.2) is 12.0 Å². The SMILES string of the molecule is CNC(Cc1ccc(F)c(F)c1)c1ccncc1. The number of hydrogen-bond acceptors (Lipinski definition) is 2. The Morgan fingerprint density at radius 2 is 1.83 bits per heavy atom. The summed E-state index contributed by atoms with van der Waals surface area (Å²) in [5, 5.41) is 3.16. The highest BCUT2D eigenvalue weighted by Gasteiger charge is 2.11. The Labute approximate surface area is 105 Å². The lowest BCUT2D eigenvalue weighted by Crippen LogP contribution is -2.18. The lowest BCUT2D eigenvalue weighted by Gasteiger charge is -2.16. The van der Waals surface area contributed by atoms with Gasteiger partial charge in [0.1, 0.15) is 0 Å². The summed E-state index contributed by atoms with van der Waals surface area (Å²) in [6.45, 7) is 0. The molecular weight excluding hydrogens is 234 g/mol. The van der Waals surface area contributed by atoms with Crippen molar-refractivity contribution in [3.8, 4) is 0 Å². The van der Waals surface area contributed by atoms with Crippen LogP contribution in [0.25, 0.3) is 0 Å². The average molecular weight is 248 g/mol. The van der Waals surface area contributed by atoms with Crippen LogP contribution >= 0.6 is 0 Å². The number of pyridine rings is 1. The molecule has 0 spiro atoms. The maximum atomic E-state index is 13.1. The molecule has 94 valence electrons. The summed E-state index contributed by atoms with van der Waals surface area (Å²) in [4.78, 5) is 3.96. The number of rotatable bonds is 4. The van der Waals surface area contributed by atoms with E-state index in [2.05, 4.69) is 10.3 Å². The molecule has 2 nitrogen and oxygen atoms in total. The van der Waals surface area contributed by atoms with Crippen LogP contribution in [0.3, 0.4) is 0 Å². The topological polar surface area (TPSA) is 24.9 Å². The summed E-state index contributed by atoms with van der Waals surface area (Å²) >= 11 is 0. The average Bonchev–Trinajstić information content (AvgIpc) is 2.41. The van der Waals surface area contributed by atoms with Gasteiger partial charge in [0.2, 0.25) is 0 Å². The molecule has 0 amide bonds. The number of hydrogen-bond donors (Lipinski definition) is 1. The van der Waals surface area contributed by atoms with Crippen molar-refractivity contribution >= 4 is 0 Å². The van der Waals surface area contributed by atoms with E-state index in [-0.39, 0.29) is 6.04 Å². The van der Waals surface area contributed by atoms with Gasteiger partial charge in [0.25, 0.3) is 0 Å². The van der Waals surface area contributed by atoms with Gasteiger partial charge >= 0.3 is 0 Å². The van der Waals surface area contributed by atoms with Gasteiger partial charge in [-0.05, 0) is 48.9 Å². The van der Waals surface area contributed by atoms with E-state index in [4.69, 9.17) is 0 Å². The fourth-order valence-electron chi connectivity index (χ4n) is 1.88. The van der Waals surface area contributed by atoms with Gasteiger partial charge in [0.15, 0.2) is 11.6 Å². The Bertz CT molecular complexity index is 514. The zero-order valence-electron chi connectivity index (χ0n) is 10.0. The van der Waals surface area contributed by atoms with Crippen LogP contribution in [0.5, 0.6) is 0 Å². The Balaban J connectivity index is 2.18. The first kappa shape index (κ1) is 12.6. The quantitative estimate of drug-likeness (QED) is 0.900. The molecule has 1 unspecified atom stereocenters. The van der Waals surface area contributed by atoms with Crippen molar-refractivity contribution in [2.75, 3.05) is 7.05 Å². The molecule has 2 rings (SSSR count). The van der Waals surface area contributed by atoms with Crippen LogP contribution in [0.4, 0.5) is 8.78 Å². The molecule has 0 aliphatic rings. The monoisotopic (exact) mass is 248 g/mol. The lowest BCUT2D eigenvalue weighted by molar-refractivity contribution is 0.504. The van der Waals surface area contributed by atoms with E-state index < -0.39 is 11.6 Å². The van der Waals surface area contributed by atoms with Crippen molar-refractivity contribution in [1.29, 1.82) is 0 Å². The minimum atomic E-state index is -0.816. The molecule has 1 heterocycles. The Morgan fingerprint density at radius 3 is 2.44 bits per heavy atom. The zero-order chi connectivity index (χ0) is 13.0. The van der Waals surface area contributed by atoms with E-state index in [0.29, 0.717) is 6.42 Å². The summed E-state index contributed by atoms with van der Waals surface area (Å²) in [5.74, 6) is -1.62. The highest BCUT2D eigenvalue weighted by molar-refractivity contribution is 5.23. The van der Waals surface area contributed by atoms with Gasteiger partial charge in [-0.3, -0.25) is 4.98 Å². The van der Waals surface area contributed by atoms with Crippen LogP contribution in [0, 0.1) is 11.6 Å². The standard InChI is InChI=1S/C14H14F2N2/c1-17-14(11-4-6-18-7-5-11)9-10-2-3-12(15)13(16)8-10/h2-8,14,17H,9H2,1H3. The first-order chi connectivity index (χ1) is 8.70. The van der Waals surface area contributed by atoms with E-state index >= 15 is 0 Å². The molecular formula is C14H14F2N2. The van der Waals surface area contributed by atoms with Crippen molar-refractivity contribution in [2.24, 2.45) is 0 Å². The summed E-state index contributed by atoms with van der Waals surface area (Å²) in [5.41, 5.74) is 1.82. The van der Waals surface area contributed by atoms with Gasteiger partial charge in [0.05, 0.1) is 0 Å². The van der Waals surface area contributed by atoms with Crippen LogP contribution in [0.2, 0.25) is 0 Å². The van der Waals surface area contributed by atoms with Gasteiger partial charge in [0, 0.05) is 18.4 Å². The zero-order valence-corrected chi connectivity index (χ0v) is 10.0. The van der Waals surface area contributed by atoms with Crippen molar-refractivity contribution < 1.29 is 8.78 Å². The van der Waals surface area contributed by atoms with E-state index in [1.807, 2.05) is 19.2 Å². The molecule has 2 aromatic rings. The van der Waals surface area contributed by atoms with Crippen molar-refractivity contribution in [3.05, 3.63) is 65.5 Å². The van der Waals surface area contributed by atoms with Gasteiger partial charge in [-0.25, -0.2) is 8.78 Å². The third-order valence-corrected chi connectivity index (χ3v) is 2.88. The molecule has 4 heteroatoms. The van der Waals surface area contributed by atoms with Gasteiger partial charge in [-0.1, -0.05) is 6.07 Å². The van der Waals surface area contributed by atoms with Gasteiger partial charge < -0.3 is 5.32 Å². The molecule has 0 radical (unpaired) electrons. The van der Waals surface area contributed by atoms with E-state index in [0.717, 1.165) is 17.2 Å². The number of benzene rings is 1. The fraction of sp³-hybridized carbons (Fsp3) is 0.214. The summed E-state index contributed by atoms with van der Waals surface area (Å²) in [6, 6.07) is 7.86. The molecule has 1 aromatic carbocycles. The second-order valence-corrected chi connectivity index (χ2v) is 4.07. The van der Waals surface area contributed by atoms with E-state index in [9.17, 15) is 8.78 Å². The molecule has 1 atom stereocenters. The second kappa shape index (κ2) is 5.69. The summed E-state index contributed by atoms with van der Waals surface area (Å²) < 4.78 is 26.0. The van der Waals surface area contributed by atoms with E-state index in [1.165, 1.54) is 6.07 Å². The molecule has 0 aliphatic carbocycles. The first-order valence-corrected chi connectivity index (χ1v) is 5.72. The van der Waals surface area contributed by atoms with Crippen LogP contribution in [0.1, 0.15) is 17.2 Å². The smallest absolute Gasteiger partial charge is 0.159 e.